The third-order valence-corrected chi connectivity index (χ3v) is 22.9. The van der Waals surface area contributed by atoms with Crippen molar-refractivity contribution in [3.05, 3.63) is 172 Å². The average molecular weight is 1520 g/mol. The van der Waals surface area contributed by atoms with Gasteiger partial charge in [-0.1, -0.05) is 152 Å². The summed E-state index contributed by atoms with van der Waals surface area (Å²) in [5.74, 6) is 0.953. The number of anilines is 1. The topological polar surface area (TPSA) is 278 Å². The molecule has 604 valence electrons. The third-order valence-electron chi connectivity index (χ3n) is 22.5. The van der Waals surface area contributed by atoms with Crippen molar-refractivity contribution < 1.29 is 30.0 Å². The molecule has 5 aromatic carbocycles. The van der Waals surface area contributed by atoms with E-state index >= 15 is 0 Å². The highest BCUT2D eigenvalue weighted by Crippen LogP contribution is 2.33. The number of benzene rings is 5. The van der Waals surface area contributed by atoms with E-state index in [0.717, 1.165) is 151 Å². The standard InChI is InChI=1S/C11H14ClN.C11H15N.C10H13NO.C10H13N.C9H17N.C8H9N.C5H10N2O.3C5H11NO.C5H11N.C4H9NO/c12-11-6-2-1-4-9(11)8-10-5-3-7-13-10;1-2-5-10(6-3-1)9-11-7-4-8-12-11;12-10(6-7-11-8-10)9-4-2-1-3-5-9;1-2-5-9(6-3-1)10-7-4-8-11-10;1-7-6-8-4-2-3-5-9(8)10-7;1-2-4-8-7(3-1)5-6-9-8;6-5(8)4-1-2-7-3-4;1-7-5-2-3-6-4-5;2*7-4-5-2-1-3-6-5;1-5-3-2-4-6-5;6-4-1-2-5-3-4/h1-2,4,6,10,13H,3,5,7-8H2;1-3,5-6,11-12H,4,7-9H2;1-5,11-12H,6-8H2;1-3,5-6,10-11H,4,7-8H2;7-10H,2-6H2,1H3;1-4,9H,5-6H2;4,7H,1-3H2,(H2,6,8);5-6H,2-4H2,1H3;2*5-7H,1-4H2;5-6H,2-4H2,1H3;4-6H,1-3H2/t;;;;;;;;2*5-;;4-/m........10.1/s1. The molecular formula is C88H144ClN13O6. The lowest BCUT2D eigenvalue weighted by atomic mass is 9.85. The Morgan fingerprint density at radius 1 is 0.519 bits per heavy atom. The zero-order chi connectivity index (χ0) is 76.5. The number of hydrogen-bond acceptors (Lipinski definition) is 18. The van der Waals surface area contributed by atoms with E-state index in [0.29, 0.717) is 50.0 Å². The Morgan fingerprint density at radius 3 is 1.54 bits per heavy atom. The molecule has 1 amide bonds. The van der Waals surface area contributed by atoms with E-state index in [9.17, 15) is 9.90 Å². The first-order valence-corrected chi connectivity index (χ1v) is 42.3. The molecule has 10 unspecified atom stereocenters. The van der Waals surface area contributed by atoms with Crippen molar-refractivity contribution in [2.45, 2.75) is 234 Å². The maximum Gasteiger partial charge on any atom is 0.221 e. The van der Waals surface area contributed by atoms with Gasteiger partial charge in [-0.2, -0.15) is 0 Å². The Bertz CT molecular complexity index is 2910. The normalized spacial score (nSPS) is 28.4. The molecule has 13 aliphatic rings. The Balaban J connectivity index is 0.000000165. The van der Waals surface area contributed by atoms with E-state index < -0.39 is 5.60 Å². The first-order chi connectivity index (χ1) is 52.8. The highest BCUT2D eigenvalue weighted by Gasteiger charge is 2.34. The quantitative estimate of drug-likeness (QED) is 0.0619. The maximum absolute atomic E-state index is 10.4. The summed E-state index contributed by atoms with van der Waals surface area (Å²) in [5, 5.41) is 76.1. The number of β-amino-alcohol motifs (C(OH)–C–C–N with tert-alkyl or cyclic N) is 2. The molecule has 13 atom stereocenters. The van der Waals surface area contributed by atoms with Gasteiger partial charge in [0, 0.05) is 98.9 Å². The van der Waals surface area contributed by atoms with Gasteiger partial charge in [0.15, 0.2) is 0 Å². The van der Waals surface area contributed by atoms with Crippen molar-refractivity contribution >= 4 is 23.2 Å². The zero-order valence-corrected chi connectivity index (χ0v) is 67.0. The monoisotopic (exact) mass is 1510 g/mol. The summed E-state index contributed by atoms with van der Waals surface area (Å²) in [6, 6.07) is 53.1. The number of aliphatic hydroxyl groups excluding tert-OH is 3. The number of primary amides is 1. The number of nitrogens with one attached hydrogen (secondary N) is 12. The van der Waals surface area contributed by atoms with Gasteiger partial charge in [0.05, 0.1) is 31.3 Å². The predicted molar refractivity (Wildman–Crippen MR) is 448 cm³/mol. The fourth-order valence-electron chi connectivity index (χ4n) is 15.9. The summed E-state index contributed by atoms with van der Waals surface area (Å²) in [6.45, 7) is 20.5. The number of amides is 1. The molecule has 0 bridgehead atoms. The molecule has 18 rings (SSSR count). The van der Waals surface area contributed by atoms with Crippen molar-refractivity contribution in [1.29, 1.82) is 0 Å². The van der Waals surface area contributed by atoms with E-state index in [-0.39, 0.29) is 17.9 Å². The number of halogens is 1. The first kappa shape index (κ1) is 90.2. The van der Waals surface area contributed by atoms with Gasteiger partial charge < -0.3 is 94.7 Å². The summed E-state index contributed by atoms with van der Waals surface area (Å²) in [6.07, 6.45) is 30.4. The second-order valence-electron chi connectivity index (χ2n) is 31.3. The van der Waals surface area contributed by atoms with Crippen LogP contribution in [-0.4, -0.2) is 199 Å². The summed E-state index contributed by atoms with van der Waals surface area (Å²) in [4.78, 5) is 10.4. The first-order valence-electron chi connectivity index (χ1n) is 41.9. The van der Waals surface area contributed by atoms with E-state index in [1.807, 2.05) is 42.5 Å². The van der Waals surface area contributed by atoms with Crippen molar-refractivity contribution in [2.24, 2.45) is 17.6 Å². The number of ether oxygens (including phenoxy) is 1. The minimum atomic E-state index is -0.624. The van der Waals surface area contributed by atoms with Gasteiger partial charge >= 0.3 is 0 Å². The summed E-state index contributed by atoms with van der Waals surface area (Å²) in [7, 11) is 1.76. The van der Waals surface area contributed by atoms with E-state index in [1.54, 1.807) is 7.11 Å². The molecule has 12 aliphatic heterocycles. The lowest BCUT2D eigenvalue weighted by Gasteiger charge is -2.24. The minimum Gasteiger partial charge on any atom is -0.395 e. The van der Waals surface area contributed by atoms with Crippen LogP contribution in [0.15, 0.2) is 140 Å². The largest absolute Gasteiger partial charge is 0.395 e. The Labute approximate surface area is 656 Å². The van der Waals surface area contributed by atoms with Crippen molar-refractivity contribution in [3.63, 3.8) is 0 Å². The van der Waals surface area contributed by atoms with Crippen LogP contribution in [0.5, 0.6) is 0 Å². The number of carbonyl (C=O) groups excluding carboxylic acids is 1. The number of methoxy groups -OCH3 is 1. The molecule has 11 saturated heterocycles. The van der Waals surface area contributed by atoms with Gasteiger partial charge in [0.2, 0.25) is 5.91 Å². The van der Waals surface area contributed by atoms with E-state index in [1.165, 1.54) is 163 Å². The molecule has 12 heterocycles. The minimum absolute atomic E-state index is 0.0648. The Hall–Kier alpha value is -4.98. The Kier molecular flexibility index (Phi) is 45.7. The lowest BCUT2D eigenvalue weighted by molar-refractivity contribution is -0.121. The van der Waals surface area contributed by atoms with Crippen molar-refractivity contribution in [1.82, 2.24) is 58.5 Å². The maximum atomic E-state index is 10.4. The van der Waals surface area contributed by atoms with Crippen LogP contribution in [0.4, 0.5) is 5.69 Å². The van der Waals surface area contributed by atoms with E-state index in [2.05, 4.69) is 175 Å². The van der Waals surface area contributed by atoms with Gasteiger partial charge in [-0.25, -0.2) is 0 Å². The molecule has 18 N–H and O–H groups in total. The highest BCUT2D eigenvalue weighted by atomic mass is 35.5. The van der Waals surface area contributed by atoms with Crippen LogP contribution >= 0.6 is 11.6 Å². The van der Waals surface area contributed by atoms with Crippen LogP contribution < -0.4 is 69.5 Å². The van der Waals surface area contributed by atoms with Crippen LogP contribution in [-0.2, 0) is 34.4 Å². The van der Waals surface area contributed by atoms with Crippen LogP contribution in [0.25, 0.3) is 0 Å². The van der Waals surface area contributed by atoms with Gasteiger partial charge in [-0.15, -0.1) is 0 Å². The molecule has 5 aromatic rings. The lowest BCUT2D eigenvalue weighted by Crippen LogP contribution is -2.31. The second-order valence-corrected chi connectivity index (χ2v) is 31.7. The van der Waals surface area contributed by atoms with E-state index in [4.69, 9.17) is 37.4 Å². The van der Waals surface area contributed by atoms with Gasteiger partial charge in [0.1, 0.15) is 5.60 Å². The number of para-hydroxylation sites is 1. The number of aliphatic hydroxyl groups is 4. The van der Waals surface area contributed by atoms with Gasteiger partial charge in [0.25, 0.3) is 0 Å². The fourth-order valence-corrected chi connectivity index (χ4v) is 16.1. The molecule has 20 heteroatoms. The zero-order valence-electron chi connectivity index (χ0n) is 66.3. The molecule has 1 saturated carbocycles. The third kappa shape index (κ3) is 36.7. The van der Waals surface area contributed by atoms with Gasteiger partial charge in [-0.05, 0) is 266 Å². The number of rotatable bonds is 10. The number of hydrogen-bond donors (Lipinski definition) is 17. The highest BCUT2D eigenvalue weighted by molar-refractivity contribution is 6.31. The smallest absolute Gasteiger partial charge is 0.221 e. The number of carbonyl (C=O) groups is 1. The van der Waals surface area contributed by atoms with Crippen molar-refractivity contribution in [2.75, 3.05) is 124 Å². The van der Waals surface area contributed by atoms with Gasteiger partial charge in [-0.3, -0.25) is 4.79 Å². The second kappa shape index (κ2) is 54.7. The molecule has 0 aromatic heterocycles. The summed E-state index contributed by atoms with van der Waals surface area (Å²) in [5.41, 5.74) is 12.3. The molecule has 0 radical (unpaired) electrons. The fraction of sp³-hybridized carbons (Fsp3) is 0.648. The molecule has 12 fully saturated rings. The van der Waals surface area contributed by atoms with Crippen LogP contribution in [0.3, 0.4) is 0 Å². The summed E-state index contributed by atoms with van der Waals surface area (Å²) < 4.78 is 5.05. The van der Waals surface area contributed by atoms with Crippen LogP contribution in [0, 0.1) is 11.8 Å². The number of nitrogens with two attached hydrogens (primary N) is 1. The molecule has 1 aliphatic carbocycles. The molecule has 108 heavy (non-hydrogen) atoms. The summed E-state index contributed by atoms with van der Waals surface area (Å²) >= 11 is 6.07. The Morgan fingerprint density at radius 2 is 1.07 bits per heavy atom. The SMILES string of the molecule is CC1CC2CCCCC2N1.CC1CCCN1.COC1CCNC1.Clc1ccccc1CC1CCCN1.NC(=O)C1CCNC1.OC1(c2ccccc2)CCNC1.OC[C@@H]1CCCN1.OC[C@H]1CCCN1.O[C@@H]1CCNC1.c1ccc(C2CCCN2)cc1.c1ccc(CC2CCCN2)cc1.c1ccc2c(c1)CCN2. The predicted octanol–water partition coefficient (Wildman–Crippen LogP) is 9.81. The van der Waals surface area contributed by atoms with Crippen LogP contribution in [0.1, 0.15) is 183 Å². The van der Waals surface area contributed by atoms with Crippen LogP contribution in [0.2, 0.25) is 5.02 Å². The van der Waals surface area contributed by atoms with Crippen molar-refractivity contribution in [3.8, 4) is 0 Å². The molecule has 0 spiro atoms. The number of fused-ring (bicyclic) bond motifs is 2. The molecular weight excluding hydrogens is 1370 g/mol. The average Bonchev–Trinajstić information content (AvgIpc) is 1.66. The molecule has 19 nitrogen and oxygen atoms in total.